The zero-order chi connectivity index (χ0) is 13.0. The van der Waals surface area contributed by atoms with Crippen LogP contribution in [-0.4, -0.2) is 5.78 Å². The van der Waals surface area contributed by atoms with Crippen LogP contribution in [0.15, 0.2) is 48.2 Å². The van der Waals surface area contributed by atoms with Gasteiger partial charge in [-0.2, -0.15) is 0 Å². The van der Waals surface area contributed by atoms with Gasteiger partial charge < -0.3 is 5.32 Å². The van der Waals surface area contributed by atoms with E-state index in [9.17, 15) is 4.79 Å². The van der Waals surface area contributed by atoms with Crippen molar-refractivity contribution < 1.29 is 4.79 Å². The number of para-hydroxylation sites is 1. The third-order valence-electron chi connectivity index (χ3n) is 3.04. The lowest BCUT2D eigenvalue weighted by molar-refractivity contribution is -0.116. The molecule has 0 radical (unpaired) electrons. The Hall–Kier alpha value is -1.10. The van der Waals surface area contributed by atoms with E-state index in [0.29, 0.717) is 12.8 Å². The minimum absolute atomic E-state index is 0.259. The first-order chi connectivity index (χ1) is 8.72. The van der Waals surface area contributed by atoms with Gasteiger partial charge in [0.1, 0.15) is 0 Å². The molecular formula is C15H16INO. The Kier molecular flexibility index (Phi) is 4.58. The van der Waals surface area contributed by atoms with E-state index in [-0.39, 0.29) is 5.78 Å². The Balaban J connectivity index is 2.30. The highest BCUT2D eigenvalue weighted by Gasteiger charge is 2.19. The average molecular weight is 353 g/mol. The fourth-order valence-corrected chi connectivity index (χ4v) is 2.66. The molecule has 1 aromatic rings. The number of hydrogen-bond donors (Lipinski definition) is 1. The van der Waals surface area contributed by atoms with Crippen LogP contribution in [0.2, 0.25) is 0 Å². The van der Waals surface area contributed by atoms with E-state index in [1.54, 1.807) is 6.08 Å². The Bertz CT molecular complexity index is 505. The Labute approximate surface area is 121 Å². The number of halogens is 1. The number of nitrogens with one attached hydrogen (secondary N) is 1. The lowest BCUT2D eigenvalue weighted by Crippen LogP contribution is -2.16. The molecule has 0 spiro atoms. The lowest BCUT2D eigenvalue weighted by Gasteiger charge is -2.20. The van der Waals surface area contributed by atoms with E-state index in [1.807, 2.05) is 18.2 Å². The van der Waals surface area contributed by atoms with Gasteiger partial charge in [-0.15, -0.1) is 6.58 Å². The monoisotopic (exact) mass is 353 g/mol. The van der Waals surface area contributed by atoms with Crippen LogP contribution in [0.1, 0.15) is 25.7 Å². The molecule has 3 heteroatoms. The summed E-state index contributed by atoms with van der Waals surface area (Å²) in [5, 5.41) is 3.42. The minimum atomic E-state index is 0.259. The second-order valence-electron chi connectivity index (χ2n) is 4.33. The first-order valence-corrected chi connectivity index (χ1v) is 7.18. The predicted molar refractivity (Wildman–Crippen MR) is 83.5 cm³/mol. The molecule has 2 nitrogen and oxygen atoms in total. The first kappa shape index (κ1) is 13.3. The van der Waals surface area contributed by atoms with Crippen molar-refractivity contribution in [2.45, 2.75) is 25.7 Å². The maximum atomic E-state index is 11.9. The maximum Gasteiger partial charge on any atom is 0.160 e. The van der Waals surface area contributed by atoms with Crippen LogP contribution in [0.4, 0.5) is 5.69 Å². The molecule has 1 aliphatic rings. The standard InChI is InChI=1S/C15H16INO/c1-2-6-11-13(9-5-10-15(11)18)17-14-8-4-3-7-12(14)16/h2-4,7-8,17H,1,5-6,9-10H2. The SMILES string of the molecule is C=CCC1=C(Nc2ccccc2I)CCCC1=O. The van der Waals surface area contributed by atoms with Crippen LogP contribution in [0.25, 0.3) is 0 Å². The van der Waals surface area contributed by atoms with Gasteiger partial charge in [0.25, 0.3) is 0 Å². The van der Waals surface area contributed by atoms with Crippen LogP contribution < -0.4 is 5.32 Å². The normalized spacial score (nSPS) is 15.7. The number of carbonyl (C=O) groups is 1. The van der Waals surface area contributed by atoms with Gasteiger partial charge >= 0.3 is 0 Å². The second kappa shape index (κ2) is 6.18. The summed E-state index contributed by atoms with van der Waals surface area (Å²) in [5.74, 6) is 0.259. The summed E-state index contributed by atoms with van der Waals surface area (Å²) < 4.78 is 1.17. The fraction of sp³-hybridized carbons (Fsp3) is 0.267. The number of allylic oxidation sites excluding steroid dienone is 3. The Morgan fingerprint density at radius 3 is 2.83 bits per heavy atom. The molecule has 1 aromatic carbocycles. The minimum Gasteiger partial charge on any atom is -0.358 e. The molecule has 94 valence electrons. The molecule has 0 aromatic heterocycles. The molecule has 2 rings (SSSR count). The van der Waals surface area contributed by atoms with Crippen LogP contribution >= 0.6 is 22.6 Å². The molecule has 1 N–H and O–H groups in total. The quantitative estimate of drug-likeness (QED) is 0.647. The van der Waals surface area contributed by atoms with Gasteiger partial charge in [0, 0.05) is 21.3 Å². The number of carbonyl (C=O) groups excluding carboxylic acids is 1. The van der Waals surface area contributed by atoms with Crippen molar-refractivity contribution in [3.8, 4) is 0 Å². The van der Waals surface area contributed by atoms with Crippen molar-refractivity contribution in [2.24, 2.45) is 0 Å². The fourth-order valence-electron chi connectivity index (χ4n) is 2.14. The topological polar surface area (TPSA) is 29.1 Å². The number of anilines is 1. The van der Waals surface area contributed by atoms with Gasteiger partial charge in [-0.1, -0.05) is 18.2 Å². The number of rotatable bonds is 4. The number of benzene rings is 1. The van der Waals surface area contributed by atoms with E-state index in [0.717, 1.165) is 29.8 Å². The van der Waals surface area contributed by atoms with E-state index >= 15 is 0 Å². The molecule has 0 saturated heterocycles. The number of ketones is 1. The highest BCUT2D eigenvalue weighted by atomic mass is 127. The zero-order valence-corrected chi connectivity index (χ0v) is 12.4. The molecule has 1 aliphatic carbocycles. The smallest absolute Gasteiger partial charge is 0.160 e. The van der Waals surface area contributed by atoms with Crippen molar-refractivity contribution >= 4 is 34.1 Å². The molecule has 0 saturated carbocycles. The third kappa shape index (κ3) is 3.02. The van der Waals surface area contributed by atoms with E-state index in [1.165, 1.54) is 3.57 Å². The summed E-state index contributed by atoms with van der Waals surface area (Å²) in [4.78, 5) is 11.9. The number of hydrogen-bond acceptors (Lipinski definition) is 2. The van der Waals surface area contributed by atoms with E-state index < -0.39 is 0 Å². The molecule has 0 unspecified atom stereocenters. The number of Topliss-reactive ketones (excluding diaryl/α,β-unsaturated/α-hetero) is 1. The lowest BCUT2D eigenvalue weighted by atomic mass is 9.92. The molecule has 0 heterocycles. The second-order valence-corrected chi connectivity index (χ2v) is 5.49. The molecule has 0 aliphatic heterocycles. The average Bonchev–Trinajstić information content (AvgIpc) is 2.36. The molecular weight excluding hydrogens is 337 g/mol. The summed E-state index contributed by atoms with van der Waals surface area (Å²) in [7, 11) is 0. The van der Waals surface area contributed by atoms with Crippen LogP contribution in [0.5, 0.6) is 0 Å². The molecule has 0 fully saturated rings. The van der Waals surface area contributed by atoms with E-state index in [4.69, 9.17) is 0 Å². The first-order valence-electron chi connectivity index (χ1n) is 6.10. The third-order valence-corrected chi connectivity index (χ3v) is 3.98. The highest BCUT2D eigenvalue weighted by molar-refractivity contribution is 14.1. The molecule has 0 amide bonds. The van der Waals surface area contributed by atoms with Gasteiger partial charge in [-0.05, 0) is 54.0 Å². The summed E-state index contributed by atoms with van der Waals surface area (Å²) in [6.45, 7) is 3.73. The van der Waals surface area contributed by atoms with Gasteiger partial charge in [0.2, 0.25) is 0 Å². The van der Waals surface area contributed by atoms with Gasteiger partial charge in [0.15, 0.2) is 5.78 Å². The van der Waals surface area contributed by atoms with Crippen molar-refractivity contribution in [1.29, 1.82) is 0 Å². The Morgan fingerprint density at radius 2 is 2.11 bits per heavy atom. The van der Waals surface area contributed by atoms with Crippen LogP contribution in [0.3, 0.4) is 0 Å². The van der Waals surface area contributed by atoms with Crippen molar-refractivity contribution in [3.05, 3.63) is 51.8 Å². The molecule has 18 heavy (non-hydrogen) atoms. The largest absolute Gasteiger partial charge is 0.358 e. The zero-order valence-electron chi connectivity index (χ0n) is 10.2. The van der Waals surface area contributed by atoms with Crippen LogP contribution in [0, 0.1) is 3.57 Å². The van der Waals surface area contributed by atoms with Crippen LogP contribution in [-0.2, 0) is 4.79 Å². The van der Waals surface area contributed by atoms with Gasteiger partial charge in [0.05, 0.1) is 5.69 Å². The summed E-state index contributed by atoms with van der Waals surface area (Å²) >= 11 is 2.30. The van der Waals surface area contributed by atoms with Gasteiger partial charge in [-0.3, -0.25) is 4.79 Å². The maximum absolute atomic E-state index is 11.9. The van der Waals surface area contributed by atoms with Crippen molar-refractivity contribution in [1.82, 2.24) is 0 Å². The summed E-state index contributed by atoms with van der Waals surface area (Å²) in [6, 6.07) is 8.11. The van der Waals surface area contributed by atoms with Crippen molar-refractivity contribution in [2.75, 3.05) is 5.32 Å². The highest BCUT2D eigenvalue weighted by Crippen LogP contribution is 2.27. The summed E-state index contributed by atoms with van der Waals surface area (Å²) in [6.07, 6.45) is 5.01. The Morgan fingerprint density at radius 1 is 1.33 bits per heavy atom. The van der Waals surface area contributed by atoms with Crippen molar-refractivity contribution in [3.63, 3.8) is 0 Å². The molecule has 0 bridgehead atoms. The summed E-state index contributed by atoms with van der Waals surface area (Å²) in [5.41, 5.74) is 3.04. The predicted octanol–water partition coefficient (Wildman–Crippen LogP) is 4.29. The van der Waals surface area contributed by atoms with Gasteiger partial charge in [-0.25, -0.2) is 0 Å². The van der Waals surface area contributed by atoms with E-state index in [2.05, 4.69) is 40.6 Å². The molecule has 0 atom stereocenters.